The number of hydrogen-bond donors (Lipinski definition) is 3. The lowest BCUT2D eigenvalue weighted by atomic mass is 10.1. The van der Waals surface area contributed by atoms with Crippen LogP contribution in [0.3, 0.4) is 0 Å². The van der Waals surface area contributed by atoms with Gasteiger partial charge in [-0.2, -0.15) is 0 Å². The monoisotopic (exact) mass is 205 g/mol. The van der Waals surface area contributed by atoms with Crippen LogP contribution in [-0.2, 0) is 0 Å². The lowest BCUT2D eigenvalue weighted by Crippen LogP contribution is -2.12. The van der Waals surface area contributed by atoms with E-state index in [1.54, 1.807) is 0 Å². The van der Waals surface area contributed by atoms with Gasteiger partial charge in [-0.1, -0.05) is 11.6 Å². The zero-order valence-electron chi connectivity index (χ0n) is 6.67. The van der Waals surface area contributed by atoms with Gasteiger partial charge in [0.15, 0.2) is 0 Å². The second kappa shape index (κ2) is 3.91. The summed E-state index contributed by atoms with van der Waals surface area (Å²) in [4.78, 5) is 0. The highest BCUT2D eigenvalue weighted by molar-refractivity contribution is 6.31. The first kappa shape index (κ1) is 10.2. The molecule has 1 unspecified atom stereocenters. The molecule has 1 atom stereocenters. The smallest absolute Gasteiger partial charge is 0.142 e. The maximum Gasteiger partial charge on any atom is 0.142 e. The van der Waals surface area contributed by atoms with E-state index >= 15 is 0 Å². The molecule has 0 saturated heterocycles. The third kappa shape index (κ3) is 1.91. The van der Waals surface area contributed by atoms with Crippen LogP contribution in [0.15, 0.2) is 12.1 Å². The van der Waals surface area contributed by atoms with Gasteiger partial charge in [0.25, 0.3) is 0 Å². The molecule has 72 valence electrons. The summed E-state index contributed by atoms with van der Waals surface area (Å²) in [5.74, 6) is -0.952. The highest BCUT2D eigenvalue weighted by atomic mass is 35.5. The second-order valence-electron chi connectivity index (χ2n) is 2.55. The molecule has 0 heterocycles. The summed E-state index contributed by atoms with van der Waals surface area (Å²) >= 11 is 5.52. The Kier molecular flexibility index (Phi) is 3.08. The maximum atomic E-state index is 12.9. The van der Waals surface area contributed by atoms with Crippen LogP contribution in [0.25, 0.3) is 0 Å². The summed E-state index contributed by atoms with van der Waals surface area (Å²) in [6.45, 7) is -0.128. The van der Waals surface area contributed by atoms with Crippen molar-refractivity contribution < 1.29 is 14.6 Å². The number of rotatable bonds is 2. The zero-order valence-corrected chi connectivity index (χ0v) is 7.42. The molecule has 0 saturated carbocycles. The van der Waals surface area contributed by atoms with Crippen molar-refractivity contribution in [2.24, 2.45) is 5.73 Å². The molecule has 0 aromatic heterocycles. The minimum Gasteiger partial charge on any atom is -0.508 e. The molecule has 5 heteroatoms. The van der Waals surface area contributed by atoms with Gasteiger partial charge in [0.2, 0.25) is 0 Å². The van der Waals surface area contributed by atoms with Gasteiger partial charge < -0.3 is 15.9 Å². The van der Waals surface area contributed by atoms with Crippen molar-refractivity contribution in [1.82, 2.24) is 0 Å². The van der Waals surface area contributed by atoms with Crippen molar-refractivity contribution in [3.8, 4) is 5.75 Å². The van der Waals surface area contributed by atoms with Gasteiger partial charge in [-0.3, -0.25) is 0 Å². The van der Waals surface area contributed by atoms with Crippen LogP contribution in [0.2, 0.25) is 5.02 Å². The minimum atomic E-state index is -1.15. The van der Waals surface area contributed by atoms with E-state index in [2.05, 4.69) is 0 Å². The summed E-state index contributed by atoms with van der Waals surface area (Å²) < 4.78 is 12.9. The highest BCUT2D eigenvalue weighted by Gasteiger charge is 2.17. The van der Waals surface area contributed by atoms with E-state index in [9.17, 15) is 14.6 Å². The lowest BCUT2D eigenvalue weighted by molar-refractivity contribution is 0.182. The standard InChI is InChI=1S/C8H9ClFNO2/c9-8-4(10)1-2-5(12)7(8)6(13)3-11/h1-2,6,12-13H,3,11H2. The van der Waals surface area contributed by atoms with Crippen LogP contribution in [0.1, 0.15) is 11.7 Å². The molecule has 13 heavy (non-hydrogen) atoms. The molecule has 0 bridgehead atoms. The first-order chi connectivity index (χ1) is 6.07. The van der Waals surface area contributed by atoms with Gasteiger partial charge in [0.05, 0.1) is 11.1 Å². The number of phenols is 1. The minimum absolute atomic E-state index is 0.0656. The van der Waals surface area contributed by atoms with E-state index in [0.717, 1.165) is 12.1 Å². The number of nitrogens with two attached hydrogens (primary N) is 1. The summed E-state index contributed by atoms with van der Waals surface area (Å²) in [5, 5.41) is 18.2. The fraction of sp³-hybridized carbons (Fsp3) is 0.250. The van der Waals surface area contributed by atoms with Crippen molar-refractivity contribution >= 4 is 11.6 Å². The summed E-state index contributed by atoms with van der Waals surface area (Å²) in [5.41, 5.74) is 5.08. The molecule has 3 nitrogen and oxygen atoms in total. The Hall–Kier alpha value is -0.840. The normalized spacial score (nSPS) is 12.9. The van der Waals surface area contributed by atoms with E-state index in [4.69, 9.17) is 17.3 Å². The molecule has 0 aliphatic carbocycles. The van der Waals surface area contributed by atoms with Gasteiger partial charge in [-0.15, -0.1) is 0 Å². The lowest BCUT2D eigenvalue weighted by Gasteiger charge is -2.12. The fourth-order valence-electron chi connectivity index (χ4n) is 0.991. The summed E-state index contributed by atoms with van der Waals surface area (Å²) in [6, 6.07) is 2.14. The van der Waals surface area contributed by atoms with Gasteiger partial charge in [-0.25, -0.2) is 4.39 Å². The van der Waals surface area contributed by atoms with Crippen molar-refractivity contribution in [2.75, 3.05) is 6.54 Å². The van der Waals surface area contributed by atoms with E-state index < -0.39 is 11.9 Å². The van der Waals surface area contributed by atoms with E-state index in [1.807, 2.05) is 0 Å². The van der Waals surface area contributed by atoms with Crippen LogP contribution in [0.4, 0.5) is 4.39 Å². The Labute approximate surface area is 79.6 Å². The van der Waals surface area contributed by atoms with E-state index in [1.165, 1.54) is 0 Å². The Morgan fingerprint density at radius 2 is 2.15 bits per heavy atom. The topological polar surface area (TPSA) is 66.5 Å². The average Bonchev–Trinajstić information content (AvgIpc) is 2.12. The maximum absolute atomic E-state index is 12.9. The predicted octanol–water partition coefficient (Wildman–Crippen LogP) is 1.18. The molecule has 1 rings (SSSR count). The molecular weight excluding hydrogens is 197 g/mol. The Morgan fingerprint density at radius 1 is 1.54 bits per heavy atom. The molecule has 0 radical (unpaired) electrons. The number of aliphatic hydroxyl groups excluding tert-OH is 1. The number of hydrogen-bond acceptors (Lipinski definition) is 3. The molecule has 0 spiro atoms. The van der Waals surface area contributed by atoms with Gasteiger partial charge in [0, 0.05) is 12.1 Å². The number of aliphatic hydroxyl groups is 1. The van der Waals surface area contributed by atoms with Crippen LogP contribution >= 0.6 is 11.6 Å². The molecule has 1 aromatic rings. The van der Waals surface area contributed by atoms with Gasteiger partial charge in [0.1, 0.15) is 11.6 Å². The predicted molar refractivity (Wildman–Crippen MR) is 47.1 cm³/mol. The van der Waals surface area contributed by atoms with Crippen molar-refractivity contribution in [2.45, 2.75) is 6.10 Å². The summed E-state index contributed by atoms with van der Waals surface area (Å²) in [6.07, 6.45) is -1.15. The zero-order chi connectivity index (χ0) is 10.0. The Bertz CT molecular complexity index is 319. The van der Waals surface area contributed by atoms with Crippen molar-refractivity contribution in [3.05, 3.63) is 28.5 Å². The molecule has 0 amide bonds. The van der Waals surface area contributed by atoms with E-state index in [-0.39, 0.29) is 22.9 Å². The quantitative estimate of drug-likeness (QED) is 0.679. The molecule has 0 aliphatic rings. The second-order valence-corrected chi connectivity index (χ2v) is 2.92. The van der Waals surface area contributed by atoms with Crippen LogP contribution in [0.5, 0.6) is 5.75 Å². The SMILES string of the molecule is NCC(O)c1c(O)ccc(F)c1Cl. The fourth-order valence-corrected chi connectivity index (χ4v) is 1.28. The van der Waals surface area contributed by atoms with Crippen LogP contribution in [0, 0.1) is 5.82 Å². The van der Waals surface area contributed by atoms with Crippen LogP contribution < -0.4 is 5.73 Å². The third-order valence-electron chi connectivity index (χ3n) is 1.67. The van der Waals surface area contributed by atoms with Crippen LogP contribution in [-0.4, -0.2) is 16.8 Å². The number of benzene rings is 1. The van der Waals surface area contributed by atoms with Gasteiger partial charge >= 0.3 is 0 Å². The third-order valence-corrected chi connectivity index (χ3v) is 2.05. The van der Waals surface area contributed by atoms with Crippen molar-refractivity contribution in [1.29, 1.82) is 0 Å². The average molecular weight is 206 g/mol. The molecule has 0 aliphatic heterocycles. The number of phenolic OH excluding ortho intramolecular Hbond substituents is 1. The summed E-state index contributed by atoms with van der Waals surface area (Å²) in [7, 11) is 0. The molecule has 4 N–H and O–H groups in total. The molecular formula is C8H9ClFNO2. The Morgan fingerprint density at radius 3 is 2.69 bits per heavy atom. The highest BCUT2D eigenvalue weighted by Crippen LogP contribution is 2.32. The molecule has 0 fully saturated rings. The largest absolute Gasteiger partial charge is 0.508 e. The Balaban J connectivity index is 3.25. The number of aromatic hydroxyl groups is 1. The molecule has 1 aromatic carbocycles. The first-order valence-corrected chi connectivity index (χ1v) is 4.00. The number of halogens is 2. The van der Waals surface area contributed by atoms with E-state index in [0.29, 0.717) is 0 Å². The first-order valence-electron chi connectivity index (χ1n) is 3.63. The van der Waals surface area contributed by atoms with Crippen molar-refractivity contribution in [3.63, 3.8) is 0 Å². The van der Waals surface area contributed by atoms with Gasteiger partial charge in [-0.05, 0) is 12.1 Å².